The molecule has 0 bridgehead atoms. The molecular formula is C22H24N4O2. The molecular weight excluding hydrogens is 352 g/mol. The van der Waals surface area contributed by atoms with Crippen LogP contribution in [-0.4, -0.2) is 33.2 Å². The fraction of sp³-hybridized carbons (Fsp3) is 0.273. The van der Waals surface area contributed by atoms with Gasteiger partial charge in [-0.15, -0.1) is 0 Å². The first-order valence-corrected chi connectivity index (χ1v) is 9.38. The highest BCUT2D eigenvalue weighted by Crippen LogP contribution is 2.37. The Hall–Kier alpha value is -3.28. The van der Waals surface area contributed by atoms with Crippen LogP contribution in [0.4, 0.5) is 0 Å². The average molecular weight is 376 g/mol. The van der Waals surface area contributed by atoms with Crippen LogP contribution >= 0.6 is 0 Å². The molecule has 2 aromatic carbocycles. The second-order valence-electron chi connectivity index (χ2n) is 6.88. The summed E-state index contributed by atoms with van der Waals surface area (Å²) in [5.74, 6) is 2.19. The van der Waals surface area contributed by atoms with Crippen molar-refractivity contribution in [3.05, 3.63) is 60.2 Å². The number of aryl methyl sites for hydroxylation is 3. The number of benzene rings is 2. The van der Waals surface area contributed by atoms with Crippen molar-refractivity contribution in [1.82, 2.24) is 19.5 Å². The summed E-state index contributed by atoms with van der Waals surface area (Å²) in [6.45, 7) is 5.64. The minimum absolute atomic E-state index is 0.573. The van der Waals surface area contributed by atoms with E-state index >= 15 is 0 Å². The number of aromatic nitrogens is 4. The van der Waals surface area contributed by atoms with Crippen molar-refractivity contribution in [2.75, 3.05) is 13.7 Å². The third-order valence-corrected chi connectivity index (χ3v) is 4.92. The van der Waals surface area contributed by atoms with Crippen LogP contribution in [0.1, 0.15) is 17.5 Å². The zero-order valence-electron chi connectivity index (χ0n) is 16.4. The highest BCUT2D eigenvalue weighted by atomic mass is 16.5. The number of rotatable bonds is 7. The molecule has 0 atom stereocenters. The van der Waals surface area contributed by atoms with Crippen LogP contribution in [-0.2, 0) is 6.54 Å². The van der Waals surface area contributed by atoms with E-state index in [1.54, 1.807) is 13.3 Å². The van der Waals surface area contributed by atoms with Gasteiger partial charge in [-0.3, -0.25) is 0 Å². The molecule has 4 rings (SSSR count). The maximum atomic E-state index is 6.14. The van der Waals surface area contributed by atoms with Gasteiger partial charge >= 0.3 is 0 Å². The van der Waals surface area contributed by atoms with Gasteiger partial charge < -0.3 is 19.0 Å². The van der Waals surface area contributed by atoms with E-state index < -0.39 is 0 Å². The van der Waals surface area contributed by atoms with E-state index in [0.29, 0.717) is 18.1 Å². The number of aromatic amines is 1. The van der Waals surface area contributed by atoms with Crippen molar-refractivity contribution in [3.8, 4) is 22.9 Å². The van der Waals surface area contributed by atoms with E-state index in [2.05, 4.69) is 35.9 Å². The second kappa shape index (κ2) is 7.76. The minimum Gasteiger partial charge on any atom is -0.493 e. The molecule has 144 valence electrons. The molecule has 0 saturated heterocycles. The van der Waals surface area contributed by atoms with Gasteiger partial charge in [-0.1, -0.05) is 6.07 Å². The average Bonchev–Trinajstić information content (AvgIpc) is 3.35. The summed E-state index contributed by atoms with van der Waals surface area (Å²) in [5.41, 5.74) is 5.34. The van der Waals surface area contributed by atoms with Crippen molar-refractivity contribution in [2.45, 2.75) is 26.8 Å². The Morgan fingerprint density at radius 2 is 2.00 bits per heavy atom. The van der Waals surface area contributed by atoms with Crippen molar-refractivity contribution in [1.29, 1.82) is 0 Å². The quantitative estimate of drug-likeness (QED) is 0.482. The highest BCUT2D eigenvalue weighted by Gasteiger charge is 2.16. The van der Waals surface area contributed by atoms with Crippen LogP contribution in [0.15, 0.2) is 49.1 Å². The third-order valence-electron chi connectivity index (χ3n) is 4.92. The number of nitrogens with one attached hydrogen (secondary N) is 1. The number of ether oxygens (including phenoxy) is 2. The number of methoxy groups -OCH3 is 1. The molecule has 6 nitrogen and oxygen atoms in total. The van der Waals surface area contributed by atoms with E-state index in [-0.39, 0.29) is 0 Å². The van der Waals surface area contributed by atoms with Gasteiger partial charge in [0, 0.05) is 18.9 Å². The normalized spacial score (nSPS) is 11.1. The summed E-state index contributed by atoms with van der Waals surface area (Å²) in [7, 11) is 1.66. The zero-order chi connectivity index (χ0) is 19.5. The molecule has 0 fully saturated rings. The summed E-state index contributed by atoms with van der Waals surface area (Å²) in [6, 6.07) is 10.1. The molecule has 0 saturated carbocycles. The van der Waals surface area contributed by atoms with E-state index in [1.165, 1.54) is 11.1 Å². The summed E-state index contributed by atoms with van der Waals surface area (Å²) in [5, 5.41) is 0. The maximum absolute atomic E-state index is 6.14. The Kier molecular flexibility index (Phi) is 5.02. The van der Waals surface area contributed by atoms with E-state index in [9.17, 15) is 0 Å². The van der Waals surface area contributed by atoms with Crippen molar-refractivity contribution in [3.63, 3.8) is 0 Å². The maximum Gasteiger partial charge on any atom is 0.172 e. The van der Waals surface area contributed by atoms with Crippen LogP contribution in [0.3, 0.4) is 0 Å². The Morgan fingerprint density at radius 3 is 2.79 bits per heavy atom. The third kappa shape index (κ3) is 3.58. The molecule has 0 aliphatic rings. The first-order valence-electron chi connectivity index (χ1n) is 9.38. The number of para-hydroxylation sites is 1. The number of nitrogens with zero attached hydrogens (tertiary/aromatic N) is 3. The van der Waals surface area contributed by atoms with Crippen LogP contribution < -0.4 is 9.47 Å². The molecule has 2 heterocycles. The van der Waals surface area contributed by atoms with Crippen molar-refractivity contribution in [2.24, 2.45) is 0 Å². The minimum atomic E-state index is 0.573. The van der Waals surface area contributed by atoms with Crippen LogP contribution in [0.25, 0.3) is 22.4 Å². The molecule has 28 heavy (non-hydrogen) atoms. The molecule has 6 heteroatoms. The Labute approximate surface area is 164 Å². The molecule has 0 aliphatic carbocycles. The summed E-state index contributed by atoms with van der Waals surface area (Å²) in [6.07, 6.45) is 6.41. The van der Waals surface area contributed by atoms with Crippen LogP contribution in [0.5, 0.6) is 11.5 Å². The topological polar surface area (TPSA) is 65.0 Å². The van der Waals surface area contributed by atoms with Gasteiger partial charge in [0.25, 0.3) is 0 Å². The smallest absolute Gasteiger partial charge is 0.172 e. The standard InChI is InChI=1S/C22H24N4O2/c1-15-12-18-19(13-16(15)2)25-22(24-18)17-6-4-7-20(27-3)21(17)28-11-5-9-26-10-8-23-14-26/h4,6-8,10,12-14H,5,9,11H2,1-3H3,(H,24,25). The predicted molar refractivity (Wildman–Crippen MR) is 110 cm³/mol. The second-order valence-corrected chi connectivity index (χ2v) is 6.88. The largest absolute Gasteiger partial charge is 0.493 e. The van der Waals surface area contributed by atoms with Gasteiger partial charge in [-0.25, -0.2) is 9.97 Å². The molecule has 2 aromatic heterocycles. The van der Waals surface area contributed by atoms with Gasteiger partial charge in [-0.2, -0.15) is 0 Å². The molecule has 4 aromatic rings. The Morgan fingerprint density at radius 1 is 1.14 bits per heavy atom. The van der Waals surface area contributed by atoms with E-state index in [4.69, 9.17) is 14.5 Å². The fourth-order valence-electron chi connectivity index (χ4n) is 3.25. The molecule has 0 radical (unpaired) electrons. The highest BCUT2D eigenvalue weighted by molar-refractivity contribution is 5.82. The van der Waals surface area contributed by atoms with Gasteiger partial charge in [0.05, 0.1) is 36.6 Å². The fourth-order valence-corrected chi connectivity index (χ4v) is 3.25. The Bertz CT molecular complexity index is 1040. The van der Waals surface area contributed by atoms with E-state index in [1.807, 2.05) is 35.3 Å². The number of hydrogen-bond donors (Lipinski definition) is 1. The van der Waals surface area contributed by atoms with Gasteiger partial charge in [0.1, 0.15) is 5.82 Å². The lowest BCUT2D eigenvalue weighted by molar-refractivity contribution is 0.283. The molecule has 0 amide bonds. The molecule has 1 N–H and O–H groups in total. The first-order chi connectivity index (χ1) is 13.7. The van der Waals surface area contributed by atoms with Gasteiger partial charge in [0.15, 0.2) is 11.5 Å². The van der Waals surface area contributed by atoms with Gasteiger partial charge in [0.2, 0.25) is 0 Å². The zero-order valence-corrected chi connectivity index (χ0v) is 16.4. The molecule has 0 aliphatic heterocycles. The van der Waals surface area contributed by atoms with Crippen LogP contribution in [0, 0.1) is 13.8 Å². The van der Waals surface area contributed by atoms with Crippen LogP contribution in [0.2, 0.25) is 0 Å². The lowest BCUT2D eigenvalue weighted by atomic mass is 10.1. The van der Waals surface area contributed by atoms with E-state index in [0.717, 1.165) is 35.4 Å². The molecule has 0 unspecified atom stereocenters. The number of hydrogen-bond acceptors (Lipinski definition) is 4. The van der Waals surface area contributed by atoms with Gasteiger partial charge in [-0.05, 0) is 55.7 Å². The predicted octanol–water partition coefficient (Wildman–Crippen LogP) is 4.52. The number of imidazole rings is 2. The first kappa shape index (κ1) is 18.1. The lowest BCUT2D eigenvalue weighted by Gasteiger charge is -2.14. The monoisotopic (exact) mass is 376 g/mol. The summed E-state index contributed by atoms with van der Waals surface area (Å²) >= 11 is 0. The summed E-state index contributed by atoms with van der Waals surface area (Å²) in [4.78, 5) is 12.3. The lowest BCUT2D eigenvalue weighted by Crippen LogP contribution is -2.05. The SMILES string of the molecule is COc1cccc(-c2nc3cc(C)c(C)cc3[nH]2)c1OCCCn1ccnc1. The molecule has 0 spiro atoms. The number of fused-ring (bicyclic) bond motifs is 1. The van der Waals surface area contributed by atoms with Crippen molar-refractivity contribution >= 4 is 11.0 Å². The number of H-pyrrole nitrogens is 1. The van der Waals surface area contributed by atoms with Crippen molar-refractivity contribution < 1.29 is 9.47 Å². The Balaban J connectivity index is 1.61. The summed E-state index contributed by atoms with van der Waals surface area (Å²) < 4.78 is 13.7.